The molecule has 2 saturated heterocycles. The van der Waals surface area contributed by atoms with Crippen molar-refractivity contribution in [1.29, 1.82) is 0 Å². The summed E-state index contributed by atoms with van der Waals surface area (Å²) >= 11 is 0. The molecule has 10 heavy (non-hydrogen) atoms. The minimum Gasteiger partial charge on any atom is -0.394 e. The van der Waals surface area contributed by atoms with Crippen LogP contribution in [0.4, 0.5) is 0 Å². The van der Waals surface area contributed by atoms with Gasteiger partial charge in [0.1, 0.15) is 0 Å². The van der Waals surface area contributed by atoms with Gasteiger partial charge in [-0.2, -0.15) is 0 Å². The van der Waals surface area contributed by atoms with E-state index >= 15 is 0 Å². The minimum atomic E-state index is -1.52. The van der Waals surface area contributed by atoms with Crippen LogP contribution in [0.1, 0.15) is 19.3 Å². The second kappa shape index (κ2) is 2.64. The molecule has 58 valence electrons. The van der Waals surface area contributed by atoms with Crippen molar-refractivity contribution in [2.24, 2.45) is 0 Å². The highest BCUT2D eigenvalue weighted by Gasteiger charge is 2.42. The van der Waals surface area contributed by atoms with Gasteiger partial charge in [0, 0.05) is 13.2 Å². The maximum absolute atomic E-state index is 5.74. The van der Waals surface area contributed by atoms with Gasteiger partial charge in [-0.3, -0.25) is 0 Å². The Morgan fingerprint density at radius 1 is 0.800 bits per heavy atom. The van der Waals surface area contributed by atoms with E-state index in [4.69, 9.17) is 8.85 Å². The summed E-state index contributed by atoms with van der Waals surface area (Å²) in [7, 11) is -1.52. The largest absolute Gasteiger partial charge is 0.394 e. The van der Waals surface area contributed by atoms with Crippen LogP contribution in [0.5, 0.6) is 0 Å². The summed E-state index contributed by atoms with van der Waals surface area (Å²) < 4.78 is 11.5. The molecule has 0 aromatic carbocycles. The van der Waals surface area contributed by atoms with Crippen LogP contribution >= 0.6 is 0 Å². The molecule has 2 nitrogen and oxygen atoms in total. The molecule has 1 spiro atoms. The van der Waals surface area contributed by atoms with Crippen LogP contribution in [0.15, 0.2) is 0 Å². The Hall–Kier alpha value is 0.137. The molecule has 0 radical (unpaired) electrons. The lowest BCUT2D eigenvalue weighted by Gasteiger charge is -2.30. The Morgan fingerprint density at radius 3 is 2.00 bits per heavy atom. The average molecular weight is 158 g/mol. The van der Waals surface area contributed by atoms with Crippen molar-refractivity contribution in [2.75, 3.05) is 13.2 Å². The van der Waals surface area contributed by atoms with Crippen LogP contribution in [0.3, 0.4) is 0 Å². The van der Waals surface area contributed by atoms with Gasteiger partial charge in [0.15, 0.2) is 0 Å². The summed E-state index contributed by atoms with van der Waals surface area (Å²) in [6.45, 7) is 1.93. The van der Waals surface area contributed by atoms with E-state index in [9.17, 15) is 0 Å². The zero-order chi connectivity index (χ0) is 6.86. The lowest BCUT2D eigenvalue weighted by molar-refractivity contribution is 0.113. The van der Waals surface area contributed by atoms with Gasteiger partial charge in [0.25, 0.3) is 0 Å². The fourth-order valence-electron chi connectivity index (χ4n) is 1.82. The molecule has 0 unspecified atom stereocenters. The molecule has 2 aliphatic heterocycles. The Morgan fingerprint density at radius 2 is 1.40 bits per heavy atom. The summed E-state index contributed by atoms with van der Waals surface area (Å²) in [5, 5.41) is 0. The van der Waals surface area contributed by atoms with Crippen molar-refractivity contribution in [3.63, 3.8) is 0 Å². The van der Waals surface area contributed by atoms with Crippen molar-refractivity contribution < 1.29 is 8.85 Å². The number of rotatable bonds is 0. The third kappa shape index (κ3) is 1.13. The van der Waals surface area contributed by atoms with Gasteiger partial charge >= 0.3 is 8.56 Å². The smallest absolute Gasteiger partial charge is 0.338 e. The van der Waals surface area contributed by atoms with E-state index in [1.165, 1.54) is 24.9 Å². The Labute approximate surface area is 62.8 Å². The monoisotopic (exact) mass is 158 g/mol. The van der Waals surface area contributed by atoms with Crippen LogP contribution in [0, 0.1) is 0 Å². The molecule has 2 fully saturated rings. The lowest BCUT2D eigenvalue weighted by atomic mass is 10.4. The molecule has 0 aromatic heterocycles. The topological polar surface area (TPSA) is 18.5 Å². The first-order valence-corrected chi connectivity index (χ1v) is 6.42. The molecule has 0 saturated carbocycles. The van der Waals surface area contributed by atoms with Gasteiger partial charge in [0.05, 0.1) is 0 Å². The van der Waals surface area contributed by atoms with E-state index in [0.29, 0.717) is 0 Å². The first kappa shape index (κ1) is 6.82. The molecular weight excluding hydrogens is 144 g/mol. The molecule has 2 rings (SSSR count). The zero-order valence-corrected chi connectivity index (χ0v) is 7.27. The second-order valence-electron chi connectivity index (χ2n) is 3.17. The van der Waals surface area contributed by atoms with Crippen LogP contribution in [-0.2, 0) is 8.85 Å². The fourth-order valence-corrected chi connectivity index (χ4v) is 5.34. The standard InChI is InChI=1S/C7H14O2Si/c1-2-7-10(6-1)8-4-3-5-9-10/h1-7H2. The van der Waals surface area contributed by atoms with E-state index in [0.717, 1.165) is 19.6 Å². The van der Waals surface area contributed by atoms with Gasteiger partial charge in [-0.25, -0.2) is 0 Å². The highest BCUT2D eigenvalue weighted by atomic mass is 28.4. The Bertz CT molecular complexity index is 113. The van der Waals surface area contributed by atoms with E-state index in [2.05, 4.69) is 0 Å². The second-order valence-corrected chi connectivity index (χ2v) is 6.57. The average Bonchev–Trinajstić information content (AvgIpc) is 2.39. The molecular formula is C7H14O2Si. The summed E-state index contributed by atoms with van der Waals surface area (Å²) in [5.74, 6) is 0. The number of hydrogen-bond acceptors (Lipinski definition) is 2. The molecule has 0 aromatic rings. The SMILES string of the molecule is C1CO[Si]2(CCCC2)OC1. The molecule has 0 aliphatic carbocycles. The predicted molar refractivity (Wildman–Crippen MR) is 41.1 cm³/mol. The Balaban J connectivity index is 1.98. The summed E-state index contributed by atoms with van der Waals surface area (Å²) in [6, 6.07) is 2.51. The summed E-state index contributed by atoms with van der Waals surface area (Å²) in [6.07, 6.45) is 3.78. The molecule has 0 N–H and O–H groups in total. The van der Waals surface area contributed by atoms with Gasteiger partial charge in [-0.1, -0.05) is 12.8 Å². The van der Waals surface area contributed by atoms with Gasteiger partial charge in [-0.05, 0) is 18.5 Å². The summed E-state index contributed by atoms with van der Waals surface area (Å²) in [5.41, 5.74) is 0. The van der Waals surface area contributed by atoms with Crippen LogP contribution in [0.25, 0.3) is 0 Å². The van der Waals surface area contributed by atoms with Gasteiger partial charge in [-0.15, -0.1) is 0 Å². The predicted octanol–water partition coefficient (Wildman–Crippen LogP) is 1.66. The third-order valence-corrected chi connectivity index (χ3v) is 6.08. The lowest BCUT2D eigenvalue weighted by Crippen LogP contribution is -2.43. The van der Waals surface area contributed by atoms with Gasteiger partial charge < -0.3 is 8.85 Å². The van der Waals surface area contributed by atoms with Crippen LogP contribution < -0.4 is 0 Å². The van der Waals surface area contributed by atoms with Crippen molar-refractivity contribution in [3.05, 3.63) is 0 Å². The number of hydrogen-bond donors (Lipinski definition) is 0. The maximum atomic E-state index is 5.74. The van der Waals surface area contributed by atoms with Crippen molar-refractivity contribution in [3.8, 4) is 0 Å². The molecule has 3 heteroatoms. The summed E-state index contributed by atoms with van der Waals surface area (Å²) in [4.78, 5) is 0. The van der Waals surface area contributed by atoms with E-state index in [1.54, 1.807) is 0 Å². The quantitative estimate of drug-likeness (QED) is 0.499. The minimum absolute atomic E-state index is 0.965. The van der Waals surface area contributed by atoms with Gasteiger partial charge in [0.2, 0.25) is 0 Å². The van der Waals surface area contributed by atoms with Crippen molar-refractivity contribution in [1.82, 2.24) is 0 Å². The molecule has 0 bridgehead atoms. The van der Waals surface area contributed by atoms with E-state index in [-0.39, 0.29) is 0 Å². The van der Waals surface area contributed by atoms with Crippen molar-refractivity contribution >= 4 is 8.56 Å². The molecule has 0 amide bonds. The van der Waals surface area contributed by atoms with Crippen molar-refractivity contribution in [2.45, 2.75) is 31.4 Å². The maximum Gasteiger partial charge on any atom is 0.338 e. The molecule has 2 heterocycles. The van der Waals surface area contributed by atoms with Crippen LogP contribution in [0.2, 0.25) is 12.1 Å². The fraction of sp³-hybridized carbons (Fsp3) is 1.00. The zero-order valence-electron chi connectivity index (χ0n) is 6.27. The first-order valence-electron chi connectivity index (χ1n) is 4.19. The third-order valence-electron chi connectivity index (χ3n) is 2.38. The molecule has 2 aliphatic rings. The van der Waals surface area contributed by atoms with E-state index in [1.807, 2.05) is 0 Å². The van der Waals surface area contributed by atoms with Crippen LogP contribution in [-0.4, -0.2) is 21.8 Å². The molecule has 0 atom stereocenters. The highest BCUT2D eigenvalue weighted by molar-refractivity contribution is 6.68. The van der Waals surface area contributed by atoms with E-state index < -0.39 is 8.56 Å². The first-order chi connectivity index (χ1) is 4.91. The normalized spacial score (nSPS) is 31.2. The highest BCUT2D eigenvalue weighted by Crippen LogP contribution is 2.33. The Kier molecular flexibility index (Phi) is 1.80.